The van der Waals surface area contributed by atoms with Crippen molar-refractivity contribution in [1.29, 1.82) is 0 Å². The standard InChI is InChI=1S/C2H3ClO2.Li.H/c3-1-2(4)5;;/h1H2,(H,4,5);;/q;+1;-1. The summed E-state index contributed by atoms with van der Waals surface area (Å²) in [5.41, 5.74) is 0. The van der Waals surface area contributed by atoms with Crippen molar-refractivity contribution in [2.75, 3.05) is 5.88 Å². The zero-order valence-corrected chi connectivity index (χ0v) is 4.20. The van der Waals surface area contributed by atoms with Crippen LogP contribution in [0.3, 0.4) is 0 Å². The molecule has 0 rings (SSSR count). The third kappa shape index (κ3) is 8.84. The van der Waals surface area contributed by atoms with Gasteiger partial charge in [-0.3, -0.25) is 4.79 Å². The first kappa shape index (κ1) is 9.61. The van der Waals surface area contributed by atoms with Crippen molar-refractivity contribution in [3.05, 3.63) is 0 Å². The van der Waals surface area contributed by atoms with Crippen LogP contribution in [0.1, 0.15) is 1.43 Å². The van der Waals surface area contributed by atoms with E-state index in [2.05, 4.69) is 0 Å². The van der Waals surface area contributed by atoms with E-state index in [-0.39, 0.29) is 26.2 Å². The molecule has 0 saturated heterocycles. The van der Waals surface area contributed by atoms with Crippen molar-refractivity contribution < 1.29 is 30.2 Å². The molecule has 0 aromatic carbocycles. The third-order valence-corrected chi connectivity index (χ3v) is 0.343. The van der Waals surface area contributed by atoms with Gasteiger partial charge < -0.3 is 6.53 Å². The van der Waals surface area contributed by atoms with Crippen LogP contribution >= 0.6 is 11.6 Å². The molecule has 0 saturated carbocycles. The van der Waals surface area contributed by atoms with Gasteiger partial charge in [0.15, 0.2) is 0 Å². The maximum absolute atomic E-state index is 9.24. The number of hydrogen-bond acceptors (Lipinski definition) is 1. The number of carboxylic acids is 1. The van der Waals surface area contributed by atoms with Crippen LogP contribution in [0.5, 0.6) is 0 Å². The first-order chi connectivity index (χ1) is 2.27. The Kier molecular flexibility index (Phi) is 8.58. The van der Waals surface area contributed by atoms with E-state index < -0.39 is 5.97 Å². The quantitative estimate of drug-likeness (QED) is 0.292. The van der Waals surface area contributed by atoms with E-state index in [1.165, 1.54) is 0 Å². The second-order valence-corrected chi connectivity index (χ2v) is 0.795. The predicted molar refractivity (Wildman–Crippen MR) is 19.5 cm³/mol. The molecule has 32 valence electrons. The van der Waals surface area contributed by atoms with E-state index in [1.54, 1.807) is 0 Å². The molecular formula is C2H4ClLiO2. The van der Waals surface area contributed by atoms with Crippen LogP contribution < -0.4 is 18.9 Å². The second-order valence-electron chi connectivity index (χ2n) is 0.527. The minimum Gasteiger partial charge on any atom is -1.00 e. The summed E-state index contributed by atoms with van der Waals surface area (Å²) in [6.07, 6.45) is 0. The predicted octanol–water partition coefficient (Wildman–Crippen LogP) is -2.57. The van der Waals surface area contributed by atoms with Gasteiger partial charge in [0.2, 0.25) is 0 Å². The van der Waals surface area contributed by atoms with E-state index in [9.17, 15) is 4.79 Å². The maximum Gasteiger partial charge on any atom is 1.00 e. The van der Waals surface area contributed by atoms with E-state index in [1.807, 2.05) is 0 Å². The Morgan fingerprint density at radius 3 is 2.17 bits per heavy atom. The van der Waals surface area contributed by atoms with Crippen molar-refractivity contribution in [2.24, 2.45) is 0 Å². The van der Waals surface area contributed by atoms with Gasteiger partial charge in [-0.2, -0.15) is 0 Å². The van der Waals surface area contributed by atoms with E-state index in [4.69, 9.17) is 16.7 Å². The summed E-state index contributed by atoms with van der Waals surface area (Å²) in [6, 6.07) is 0. The Labute approximate surface area is 54.1 Å². The molecule has 0 aliphatic carbocycles. The molecular weight excluding hydrogens is 98.4 g/mol. The van der Waals surface area contributed by atoms with Crippen molar-refractivity contribution in [3.8, 4) is 0 Å². The molecule has 0 radical (unpaired) electrons. The summed E-state index contributed by atoms with van der Waals surface area (Å²) in [5, 5.41) is 7.59. The summed E-state index contributed by atoms with van der Waals surface area (Å²) in [6.45, 7) is 0. The number of alkyl halides is 1. The van der Waals surface area contributed by atoms with Crippen LogP contribution in [0.2, 0.25) is 0 Å². The first-order valence-electron chi connectivity index (χ1n) is 1.05. The molecule has 0 atom stereocenters. The zero-order chi connectivity index (χ0) is 4.28. The van der Waals surface area contributed by atoms with Crippen molar-refractivity contribution >= 4 is 17.6 Å². The molecule has 0 aromatic rings. The topological polar surface area (TPSA) is 37.3 Å². The fraction of sp³-hybridized carbons (Fsp3) is 0.500. The third-order valence-electron chi connectivity index (χ3n) is 0.114. The average Bonchev–Trinajstić information content (AvgIpc) is 1.38. The van der Waals surface area contributed by atoms with Gasteiger partial charge in [-0.1, -0.05) is 0 Å². The van der Waals surface area contributed by atoms with Gasteiger partial charge in [0.05, 0.1) is 0 Å². The van der Waals surface area contributed by atoms with Crippen LogP contribution in [0, 0.1) is 0 Å². The Balaban J connectivity index is -0.0000000800. The van der Waals surface area contributed by atoms with Crippen molar-refractivity contribution in [3.63, 3.8) is 0 Å². The van der Waals surface area contributed by atoms with E-state index >= 15 is 0 Å². The molecule has 0 amide bonds. The smallest absolute Gasteiger partial charge is 1.00 e. The molecule has 2 nitrogen and oxygen atoms in total. The summed E-state index contributed by atoms with van der Waals surface area (Å²) in [5.74, 6) is -1.29. The fourth-order valence-corrected chi connectivity index (χ4v) is 0. The van der Waals surface area contributed by atoms with Crippen LogP contribution in [-0.4, -0.2) is 17.0 Å². The summed E-state index contributed by atoms with van der Waals surface area (Å²) in [4.78, 5) is 9.24. The normalized spacial score (nSPS) is 6.17. The minimum absolute atomic E-state index is 0. The Morgan fingerprint density at radius 2 is 2.17 bits per heavy atom. The fourth-order valence-electron chi connectivity index (χ4n) is 0. The molecule has 6 heavy (non-hydrogen) atoms. The monoisotopic (exact) mass is 102 g/mol. The second kappa shape index (κ2) is 5.36. The van der Waals surface area contributed by atoms with Crippen LogP contribution in [-0.2, 0) is 4.79 Å². The van der Waals surface area contributed by atoms with E-state index in [0.717, 1.165) is 0 Å². The maximum atomic E-state index is 9.24. The Hall–Kier alpha value is 0.357. The molecule has 0 unspecified atom stereocenters. The van der Waals surface area contributed by atoms with Crippen molar-refractivity contribution in [1.82, 2.24) is 0 Å². The number of aliphatic carboxylic acids is 1. The molecule has 0 aliphatic heterocycles. The van der Waals surface area contributed by atoms with Gasteiger partial charge in [0.1, 0.15) is 5.88 Å². The Bertz CT molecular complexity index is 51.0. The molecule has 0 spiro atoms. The van der Waals surface area contributed by atoms with Crippen LogP contribution in [0.15, 0.2) is 0 Å². The number of halogens is 1. The van der Waals surface area contributed by atoms with Gasteiger partial charge in [0.25, 0.3) is 0 Å². The van der Waals surface area contributed by atoms with Crippen LogP contribution in [0.25, 0.3) is 0 Å². The van der Waals surface area contributed by atoms with E-state index in [0.29, 0.717) is 0 Å². The summed E-state index contributed by atoms with van der Waals surface area (Å²) < 4.78 is 0. The molecule has 0 bridgehead atoms. The average molecular weight is 102 g/mol. The van der Waals surface area contributed by atoms with Gasteiger partial charge in [0, 0.05) is 0 Å². The number of carboxylic acid groups (broad SMARTS) is 1. The zero-order valence-electron chi connectivity index (χ0n) is 4.44. The minimum atomic E-state index is -0.980. The van der Waals surface area contributed by atoms with Crippen molar-refractivity contribution in [2.45, 2.75) is 0 Å². The van der Waals surface area contributed by atoms with Crippen LogP contribution in [0.4, 0.5) is 0 Å². The molecule has 0 fully saturated rings. The van der Waals surface area contributed by atoms with Gasteiger partial charge in [-0.25, -0.2) is 0 Å². The number of carbonyl (C=O) groups is 1. The summed E-state index contributed by atoms with van der Waals surface area (Å²) in [7, 11) is 0. The number of rotatable bonds is 1. The summed E-state index contributed by atoms with van der Waals surface area (Å²) >= 11 is 4.74. The van der Waals surface area contributed by atoms with Gasteiger partial charge >= 0.3 is 24.8 Å². The largest absolute Gasteiger partial charge is 1.00 e. The van der Waals surface area contributed by atoms with Gasteiger partial charge in [-0.05, 0) is 0 Å². The molecule has 4 heteroatoms. The first-order valence-corrected chi connectivity index (χ1v) is 1.58. The molecule has 0 heterocycles. The molecule has 0 aromatic heterocycles. The Morgan fingerprint density at radius 1 is 2.00 bits per heavy atom. The molecule has 1 N–H and O–H groups in total. The SMILES string of the molecule is O=C(O)CCl.[H-].[Li+]. The number of hydrogen-bond donors (Lipinski definition) is 1. The molecule has 0 aliphatic rings. The van der Waals surface area contributed by atoms with Gasteiger partial charge in [-0.15, -0.1) is 11.6 Å².